The zero-order valence-corrected chi connectivity index (χ0v) is 8.05. The van der Waals surface area contributed by atoms with Crippen molar-refractivity contribution < 1.29 is 5.11 Å². The zero-order chi connectivity index (χ0) is 8.81. The van der Waals surface area contributed by atoms with Gasteiger partial charge in [-0.15, -0.1) is 0 Å². The van der Waals surface area contributed by atoms with Crippen LogP contribution in [0.3, 0.4) is 0 Å². The second-order valence-corrected chi connectivity index (χ2v) is 3.73. The highest BCUT2D eigenvalue weighted by Crippen LogP contribution is 2.25. The second kappa shape index (κ2) is 5.36. The van der Waals surface area contributed by atoms with Crippen molar-refractivity contribution >= 4 is 0 Å². The van der Waals surface area contributed by atoms with Crippen molar-refractivity contribution in [3.8, 4) is 0 Å². The fourth-order valence-electron chi connectivity index (χ4n) is 1.92. The third-order valence-corrected chi connectivity index (χ3v) is 2.78. The number of aliphatic hydroxyl groups is 1. The molecule has 1 nitrogen and oxygen atoms in total. The molecular weight excluding hydrogens is 148 g/mol. The standard InChI is InChI=1S/C11H20O/c1-2-10(9-12)8-11-6-4-3-5-7-11/h8,11-12H,2-7,9H2,1H3. The molecule has 0 saturated heterocycles. The summed E-state index contributed by atoms with van der Waals surface area (Å²) in [4.78, 5) is 0. The maximum absolute atomic E-state index is 8.99. The first-order valence-electron chi connectivity index (χ1n) is 5.17. The smallest absolute Gasteiger partial charge is 0.0641 e. The lowest BCUT2D eigenvalue weighted by atomic mass is 9.87. The van der Waals surface area contributed by atoms with Crippen LogP contribution in [0.15, 0.2) is 11.6 Å². The van der Waals surface area contributed by atoms with Crippen molar-refractivity contribution in [3.63, 3.8) is 0 Å². The molecule has 1 fully saturated rings. The first-order valence-corrected chi connectivity index (χ1v) is 5.17. The van der Waals surface area contributed by atoms with Gasteiger partial charge in [0.1, 0.15) is 0 Å². The molecule has 0 heterocycles. The average Bonchev–Trinajstić information content (AvgIpc) is 2.16. The van der Waals surface area contributed by atoms with Gasteiger partial charge in [-0.05, 0) is 30.8 Å². The van der Waals surface area contributed by atoms with E-state index in [9.17, 15) is 0 Å². The van der Waals surface area contributed by atoms with Gasteiger partial charge < -0.3 is 5.11 Å². The normalized spacial score (nSPS) is 21.3. The monoisotopic (exact) mass is 168 g/mol. The second-order valence-electron chi connectivity index (χ2n) is 3.73. The lowest BCUT2D eigenvalue weighted by Crippen LogP contribution is -2.04. The Morgan fingerprint density at radius 3 is 2.50 bits per heavy atom. The van der Waals surface area contributed by atoms with Gasteiger partial charge in [-0.1, -0.05) is 32.3 Å². The fraction of sp³-hybridized carbons (Fsp3) is 0.818. The number of rotatable bonds is 3. The van der Waals surface area contributed by atoms with Crippen molar-refractivity contribution in [2.24, 2.45) is 5.92 Å². The maximum Gasteiger partial charge on any atom is 0.0641 e. The number of allylic oxidation sites excluding steroid dienone is 1. The first-order chi connectivity index (χ1) is 5.86. The Labute approximate surface area is 75.5 Å². The molecule has 1 aliphatic carbocycles. The van der Waals surface area contributed by atoms with Crippen LogP contribution in [0.1, 0.15) is 45.4 Å². The predicted octanol–water partition coefficient (Wildman–Crippen LogP) is 2.90. The Kier molecular flexibility index (Phi) is 4.37. The third-order valence-electron chi connectivity index (χ3n) is 2.78. The minimum absolute atomic E-state index is 0.257. The van der Waals surface area contributed by atoms with E-state index in [1.165, 1.54) is 37.7 Å². The minimum atomic E-state index is 0.257. The molecule has 0 aromatic rings. The van der Waals surface area contributed by atoms with Gasteiger partial charge in [0.25, 0.3) is 0 Å². The van der Waals surface area contributed by atoms with Crippen LogP contribution in [0.5, 0.6) is 0 Å². The molecule has 1 aliphatic rings. The Bertz CT molecular complexity index is 137. The summed E-state index contributed by atoms with van der Waals surface area (Å²) in [7, 11) is 0. The van der Waals surface area contributed by atoms with E-state index < -0.39 is 0 Å². The molecule has 0 aromatic heterocycles. The van der Waals surface area contributed by atoms with Crippen LogP contribution in [0.4, 0.5) is 0 Å². The molecular formula is C11H20O. The number of hydrogen-bond donors (Lipinski definition) is 1. The van der Waals surface area contributed by atoms with E-state index in [2.05, 4.69) is 13.0 Å². The van der Waals surface area contributed by atoms with Crippen LogP contribution >= 0.6 is 0 Å². The Hall–Kier alpha value is -0.300. The van der Waals surface area contributed by atoms with Crippen molar-refractivity contribution in [2.75, 3.05) is 6.61 Å². The molecule has 12 heavy (non-hydrogen) atoms. The lowest BCUT2D eigenvalue weighted by molar-refractivity contribution is 0.323. The molecule has 1 rings (SSSR count). The van der Waals surface area contributed by atoms with Crippen LogP contribution < -0.4 is 0 Å². The van der Waals surface area contributed by atoms with Crippen LogP contribution in [0.2, 0.25) is 0 Å². The lowest BCUT2D eigenvalue weighted by Gasteiger charge is -2.19. The van der Waals surface area contributed by atoms with Crippen LogP contribution in [-0.2, 0) is 0 Å². The van der Waals surface area contributed by atoms with Gasteiger partial charge in [-0.2, -0.15) is 0 Å². The molecule has 0 bridgehead atoms. The molecule has 1 heteroatoms. The van der Waals surface area contributed by atoms with E-state index in [1.807, 2.05) is 0 Å². The van der Waals surface area contributed by atoms with Gasteiger partial charge in [0, 0.05) is 0 Å². The molecule has 0 aromatic carbocycles. The Morgan fingerprint density at radius 2 is 2.00 bits per heavy atom. The summed E-state index contributed by atoms with van der Waals surface area (Å²) in [6.45, 7) is 2.37. The molecule has 0 atom stereocenters. The highest BCUT2D eigenvalue weighted by atomic mass is 16.3. The molecule has 0 spiro atoms. The first kappa shape index (κ1) is 9.79. The van der Waals surface area contributed by atoms with E-state index in [1.54, 1.807) is 0 Å². The summed E-state index contributed by atoms with van der Waals surface area (Å²) in [6.07, 6.45) is 10.2. The van der Waals surface area contributed by atoms with E-state index in [0.29, 0.717) is 0 Å². The van der Waals surface area contributed by atoms with Crippen molar-refractivity contribution in [1.82, 2.24) is 0 Å². The van der Waals surface area contributed by atoms with Gasteiger partial charge in [0.2, 0.25) is 0 Å². The highest BCUT2D eigenvalue weighted by Gasteiger charge is 2.10. The fourth-order valence-corrected chi connectivity index (χ4v) is 1.92. The van der Waals surface area contributed by atoms with E-state index in [4.69, 9.17) is 5.11 Å². The van der Waals surface area contributed by atoms with Crippen molar-refractivity contribution in [2.45, 2.75) is 45.4 Å². The Balaban J connectivity index is 2.39. The highest BCUT2D eigenvalue weighted by molar-refractivity contribution is 5.04. The van der Waals surface area contributed by atoms with E-state index >= 15 is 0 Å². The molecule has 1 saturated carbocycles. The van der Waals surface area contributed by atoms with Crippen molar-refractivity contribution in [3.05, 3.63) is 11.6 Å². The maximum atomic E-state index is 8.99. The minimum Gasteiger partial charge on any atom is -0.392 e. The molecule has 0 unspecified atom stereocenters. The summed E-state index contributed by atoms with van der Waals surface area (Å²) in [5.41, 5.74) is 1.22. The van der Waals surface area contributed by atoms with Gasteiger partial charge in [-0.3, -0.25) is 0 Å². The third kappa shape index (κ3) is 2.98. The number of aliphatic hydroxyl groups excluding tert-OH is 1. The predicted molar refractivity (Wildman–Crippen MR) is 52.0 cm³/mol. The summed E-state index contributed by atoms with van der Waals surface area (Å²) < 4.78 is 0. The topological polar surface area (TPSA) is 20.2 Å². The summed E-state index contributed by atoms with van der Waals surface area (Å²) in [6, 6.07) is 0. The quantitative estimate of drug-likeness (QED) is 0.642. The molecule has 1 N–H and O–H groups in total. The molecule has 0 amide bonds. The number of hydrogen-bond acceptors (Lipinski definition) is 1. The zero-order valence-electron chi connectivity index (χ0n) is 8.05. The molecule has 70 valence electrons. The van der Waals surface area contributed by atoms with Gasteiger partial charge in [0.15, 0.2) is 0 Å². The van der Waals surface area contributed by atoms with Crippen LogP contribution in [-0.4, -0.2) is 11.7 Å². The van der Waals surface area contributed by atoms with Gasteiger partial charge >= 0.3 is 0 Å². The van der Waals surface area contributed by atoms with Gasteiger partial charge in [-0.25, -0.2) is 0 Å². The SMILES string of the molecule is CCC(=CC1CCCCC1)CO. The summed E-state index contributed by atoms with van der Waals surface area (Å²) in [5, 5.41) is 8.99. The van der Waals surface area contributed by atoms with Crippen LogP contribution in [0, 0.1) is 5.92 Å². The summed E-state index contributed by atoms with van der Waals surface area (Å²) in [5.74, 6) is 0.765. The van der Waals surface area contributed by atoms with Crippen LogP contribution in [0.25, 0.3) is 0 Å². The molecule has 0 radical (unpaired) electrons. The molecule has 0 aliphatic heterocycles. The van der Waals surface area contributed by atoms with E-state index in [0.717, 1.165) is 12.3 Å². The largest absolute Gasteiger partial charge is 0.392 e. The van der Waals surface area contributed by atoms with E-state index in [-0.39, 0.29) is 6.61 Å². The van der Waals surface area contributed by atoms with Gasteiger partial charge in [0.05, 0.1) is 6.61 Å². The Morgan fingerprint density at radius 1 is 1.33 bits per heavy atom. The summed E-state index contributed by atoms with van der Waals surface area (Å²) >= 11 is 0. The van der Waals surface area contributed by atoms with Crippen molar-refractivity contribution in [1.29, 1.82) is 0 Å². The average molecular weight is 168 g/mol.